The van der Waals surface area contributed by atoms with Crippen LogP contribution < -0.4 is 4.90 Å². The molecule has 0 spiro atoms. The van der Waals surface area contributed by atoms with E-state index < -0.39 is 0 Å². The highest BCUT2D eigenvalue weighted by Crippen LogP contribution is 2.23. The zero-order chi connectivity index (χ0) is 14.8. The van der Waals surface area contributed by atoms with Crippen LogP contribution in [0.3, 0.4) is 0 Å². The average Bonchev–Trinajstić information content (AvgIpc) is 2.90. The largest absolute Gasteiger partial charge is 0.464 e. The van der Waals surface area contributed by atoms with E-state index in [0.29, 0.717) is 17.9 Å². The van der Waals surface area contributed by atoms with Gasteiger partial charge in [0.1, 0.15) is 17.3 Å². The number of carbonyl (C=O) groups excluding carboxylic acids is 1. The lowest BCUT2D eigenvalue weighted by molar-refractivity contribution is 0.112. The summed E-state index contributed by atoms with van der Waals surface area (Å²) in [5, 5.41) is 0.964. The fourth-order valence-corrected chi connectivity index (χ4v) is 2.39. The molecule has 0 amide bonds. The summed E-state index contributed by atoms with van der Waals surface area (Å²) in [4.78, 5) is 17.9. The quantitative estimate of drug-likeness (QED) is 0.685. The van der Waals surface area contributed by atoms with Crippen molar-refractivity contribution in [3.8, 4) is 0 Å². The summed E-state index contributed by atoms with van der Waals surface area (Å²) >= 11 is 0. The van der Waals surface area contributed by atoms with E-state index in [2.05, 4.69) is 4.98 Å². The maximum absolute atomic E-state index is 11.3. The first-order chi connectivity index (χ1) is 10.2. The van der Waals surface area contributed by atoms with E-state index in [4.69, 9.17) is 4.42 Å². The van der Waals surface area contributed by atoms with E-state index in [1.165, 1.54) is 0 Å². The zero-order valence-corrected chi connectivity index (χ0v) is 12.0. The first-order valence-electron chi connectivity index (χ1n) is 6.79. The van der Waals surface area contributed by atoms with Crippen molar-refractivity contribution in [2.45, 2.75) is 13.5 Å². The Kier molecular flexibility index (Phi) is 3.44. The number of hydrogen-bond acceptors (Lipinski definition) is 4. The monoisotopic (exact) mass is 280 g/mol. The Morgan fingerprint density at radius 1 is 1.24 bits per heavy atom. The first-order valence-corrected chi connectivity index (χ1v) is 6.79. The zero-order valence-electron chi connectivity index (χ0n) is 12.0. The van der Waals surface area contributed by atoms with E-state index in [9.17, 15) is 4.79 Å². The molecule has 106 valence electrons. The van der Waals surface area contributed by atoms with Crippen LogP contribution in [0.25, 0.3) is 10.9 Å². The van der Waals surface area contributed by atoms with Gasteiger partial charge in [0.25, 0.3) is 0 Å². The molecule has 0 aliphatic heterocycles. The number of furan rings is 1. The molecular weight excluding hydrogens is 264 g/mol. The predicted octanol–water partition coefficient (Wildman–Crippen LogP) is 3.59. The Balaban J connectivity index is 1.99. The van der Waals surface area contributed by atoms with Gasteiger partial charge in [-0.2, -0.15) is 0 Å². The van der Waals surface area contributed by atoms with Crippen LogP contribution in [0.5, 0.6) is 0 Å². The van der Waals surface area contributed by atoms with Crippen LogP contribution in [0.15, 0.2) is 46.9 Å². The molecule has 0 atom stereocenters. The molecule has 2 aromatic heterocycles. The number of pyridine rings is 1. The second-order valence-corrected chi connectivity index (χ2v) is 5.08. The van der Waals surface area contributed by atoms with Gasteiger partial charge in [-0.3, -0.25) is 4.79 Å². The normalized spacial score (nSPS) is 10.8. The number of fused-ring (bicyclic) bond motifs is 1. The SMILES string of the molecule is Cc1ccc(CN(C)c2nc3ccccc3cc2C=O)o1. The van der Waals surface area contributed by atoms with E-state index in [1.807, 2.05) is 61.3 Å². The minimum Gasteiger partial charge on any atom is -0.464 e. The van der Waals surface area contributed by atoms with Gasteiger partial charge in [0.05, 0.1) is 17.6 Å². The molecule has 4 heteroatoms. The number of benzene rings is 1. The summed E-state index contributed by atoms with van der Waals surface area (Å²) in [5.74, 6) is 2.39. The third kappa shape index (κ3) is 2.65. The maximum atomic E-state index is 11.3. The molecule has 0 saturated heterocycles. The number of anilines is 1. The topological polar surface area (TPSA) is 46.3 Å². The van der Waals surface area contributed by atoms with Gasteiger partial charge in [0.15, 0.2) is 6.29 Å². The van der Waals surface area contributed by atoms with Gasteiger partial charge in [0.2, 0.25) is 0 Å². The standard InChI is InChI=1S/C17H16N2O2/c1-12-7-8-15(21-12)10-19(2)17-14(11-20)9-13-5-3-4-6-16(13)18-17/h3-9,11H,10H2,1-2H3. The lowest BCUT2D eigenvalue weighted by atomic mass is 10.1. The fraction of sp³-hybridized carbons (Fsp3) is 0.176. The molecule has 1 aromatic carbocycles. The van der Waals surface area contributed by atoms with E-state index in [-0.39, 0.29) is 0 Å². The van der Waals surface area contributed by atoms with Crippen molar-refractivity contribution in [2.24, 2.45) is 0 Å². The van der Waals surface area contributed by atoms with Crippen molar-refractivity contribution in [1.29, 1.82) is 0 Å². The number of para-hydroxylation sites is 1. The van der Waals surface area contributed by atoms with Crippen LogP contribution in [-0.4, -0.2) is 18.3 Å². The third-order valence-corrected chi connectivity index (χ3v) is 3.41. The van der Waals surface area contributed by atoms with Crippen molar-refractivity contribution in [1.82, 2.24) is 4.98 Å². The molecule has 0 fully saturated rings. The Bertz CT molecular complexity index is 792. The van der Waals surface area contributed by atoms with Gasteiger partial charge >= 0.3 is 0 Å². The molecule has 2 heterocycles. The number of carbonyl (C=O) groups is 1. The predicted molar refractivity (Wildman–Crippen MR) is 82.7 cm³/mol. The van der Waals surface area contributed by atoms with E-state index in [1.54, 1.807) is 0 Å². The second-order valence-electron chi connectivity index (χ2n) is 5.08. The smallest absolute Gasteiger partial charge is 0.153 e. The molecule has 3 aromatic rings. The van der Waals surface area contributed by atoms with Crippen molar-refractivity contribution in [3.63, 3.8) is 0 Å². The van der Waals surface area contributed by atoms with Crippen LogP contribution in [-0.2, 0) is 6.54 Å². The number of nitrogens with zero attached hydrogens (tertiary/aromatic N) is 2. The summed E-state index contributed by atoms with van der Waals surface area (Å²) in [6.07, 6.45) is 0.846. The fourth-order valence-electron chi connectivity index (χ4n) is 2.39. The van der Waals surface area contributed by atoms with Crippen molar-refractivity contribution in [2.75, 3.05) is 11.9 Å². The minimum absolute atomic E-state index is 0.569. The highest BCUT2D eigenvalue weighted by Gasteiger charge is 2.12. The van der Waals surface area contributed by atoms with E-state index >= 15 is 0 Å². The van der Waals surface area contributed by atoms with Crippen LogP contribution >= 0.6 is 0 Å². The van der Waals surface area contributed by atoms with Crippen LogP contribution in [0.2, 0.25) is 0 Å². The molecule has 0 aliphatic carbocycles. The molecule has 0 saturated carbocycles. The molecule has 21 heavy (non-hydrogen) atoms. The van der Waals surface area contributed by atoms with Gasteiger partial charge < -0.3 is 9.32 Å². The van der Waals surface area contributed by atoms with Gasteiger partial charge in [0, 0.05) is 12.4 Å². The summed E-state index contributed by atoms with van der Waals surface area (Å²) in [6, 6.07) is 13.5. The molecule has 0 N–H and O–H groups in total. The van der Waals surface area contributed by atoms with Gasteiger partial charge in [-0.05, 0) is 31.2 Å². The Morgan fingerprint density at radius 3 is 2.76 bits per heavy atom. The molecule has 4 nitrogen and oxygen atoms in total. The number of hydrogen-bond donors (Lipinski definition) is 0. The first kappa shape index (κ1) is 13.4. The van der Waals surface area contributed by atoms with Crippen LogP contribution in [0.4, 0.5) is 5.82 Å². The summed E-state index contributed by atoms with van der Waals surface area (Å²) in [6.45, 7) is 2.48. The highest BCUT2D eigenvalue weighted by atomic mass is 16.3. The van der Waals surface area contributed by atoms with Gasteiger partial charge in [-0.15, -0.1) is 0 Å². The molecule has 0 unspecified atom stereocenters. The molecule has 0 radical (unpaired) electrons. The minimum atomic E-state index is 0.569. The highest BCUT2D eigenvalue weighted by molar-refractivity contribution is 5.91. The van der Waals surface area contributed by atoms with Crippen molar-refractivity contribution < 1.29 is 9.21 Å². The number of aromatic nitrogens is 1. The molecule has 0 bridgehead atoms. The Labute approximate surface area is 123 Å². The van der Waals surface area contributed by atoms with Crippen LogP contribution in [0.1, 0.15) is 21.9 Å². The summed E-state index contributed by atoms with van der Waals surface area (Å²) in [5.41, 5.74) is 1.46. The number of rotatable bonds is 4. The number of aldehydes is 1. The Hall–Kier alpha value is -2.62. The maximum Gasteiger partial charge on any atom is 0.153 e. The molecule has 0 aliphatic rings. The van der Waals surface area contributed by atoms with Crippen LogP contribution in [0, 0.1) is 6.92 Å². The molecular formula is C17H16N2O2. The van der Waals surface area contributed by atoms with Gasteiger partial charge in [-0.1, -0.05) is 18.2 Å². The lowest BCUT2D eigenvalue weighted by Crippen LogP contribution is -2.19. The summed E-state index contributed by atoms with van der Waals surface area (Å²) in [7, 11) is 1.90. The lowest BCUT2D eigenvalue weighted by Gasteiger charge is -2.19. The van der Waals surface area contributed by atoms with E-state index in [0.717, 1.165) is 28.7 Å². The molecule has 3 rings (SSSR count). The Morgan fingerprint density at radius 2 is 2.05 bits per heavy atom. The van der Waals surface area contributed by atoms with Crippen molar-refractivity contribution >= 4 is 23.0 Å². The van der Waals surface area contributed by atoms with Crippen molar-refractivity contribution in [3.05, 3.63) is 59.5 Å². The summed E-state index contributed by atoms with van der Waals surface area (Å²) < 4.78 is 5.58. The van der Waals surface area contributed by atoms with Gasteiger partial charge in [-0.25, -0.2) is 4.98 Å². The second kappa shape index (κ2) is 5.40. The third-order valence-electron chi connectivity index (χ3n) is 3.41. The average molecular weight is 280 g/mol. The number of aryl methyl sites for hydroxylation is 1.